The highest BCUT2D eigenvalue weighted by Crippen LogP contribution is 2.25. The molecule has 1 aliphatic rings. The Hall–Kier alpha value is -2.40. The molecule has 1 saturated heterocycles. The van der Waals surface area contributed by atoms with Crippen LogP contribution >= 0.6 is 0 Å². The van der Waals surface area contributed by atoms with Crippen LogP contribution in [0.3, 0.4) is 0 Å². The molecule has 8 nitrogen and oxygen atoms in total. The van der Waals surface area contributed by atoms with Crippen molar-refractivity contribution < 1.29 is 27.6 Å². The highest BCUT2D eigenvalue weighted by molar-refractivity contribution is 5.82. The Morgan fingerprint density at radius 3 is 2.82 bits per heavy atom. The number of ether oxygens (including phenoxy) is 1. The van der Waals surface area contributed by atoms with Gasteiger partial charge in [0.15, 0.2) is 0 Å². The SMILES string of the molecule is Cc1ccc(NCCCNC(=O)[C@@H]2COCCN2CC(F)(F)F)c([N+](=O)[O-])c1. The van der Waals surface area contributed by atoms with Crippen LogP contribution in [0, 0.1) is 17.0 Å². The zero-order chi connectivity index (χ0) is 20.7. The lowest BCUT2D eigenvalue weighted by molar-refractivity contribution is -0.384. The summed E-state index contributed by atoms with van der Waals surface area (Å²) in [6.07, 6.45) is -3.94. The molecule has 0 bridgehead atoms. The van der Waals surface area contributed by atoms with Gasteiger partial charge in [-0.3, -0.25) is 19.8 Å². The van der Waals surface area contributed by atoms with Gasteiger partial charge in [0, 0.05) is 25.7 Å². The van der Waals surface area contributed by atoms with Gasteiger partial charge in [0.25, 0.3) is 5.69 Å². The molecule has 1 atom stereocenters. The molecule has 11 heteroatoms. The van der Waals surface area contributed by atoms with E-state index in [0.717, 1.165) is 10.5 Å². The summed E-state index contributed by atoms with van der Waals surface area (Å²) in [5.74, 6) is -0.523. The minimum atomic E-state index is -4.39. The first kappa shape index (κ1) is 21.9. The molecule has 156 valence electrons. The van der Waals surface area contributed by atoms with Crippen LogP contribution in [0.15, 0.2) is 18.2 Å². The zero-order valence-electron chi connectivity index (χ0n) is 15.4. The summed E-state index contributed by atoms with van der Waals surface area (Å²) < 4.78 is 43.0. The zero-order valence-corrected chi connectivity index (χ0v) is 15.4. The van der Waals surface area contributed by atoms with E-state index in [2.05, 4.69) is 10.6 Å². The van der Waals surface area contributed by atoms with E-state index in [-0.39, 0.29) is 32.0 Å². The molecule has 0 radical (unpaired) electrons. The largest absolute Gasteiger partial charge is 0.401 e. The van der Waals surface area contributed by atoms with Gasteiger partial charge in [0.2, 0.25) is 5.91 Å². The average molecular weight is 404 g/mol. The Labute approximate surface area is 160 Å². The van der Waals surface area contributed by atoms with Crippen LogP contribution in [-0.2, 0) is 9.53 Å². The number of benzene rings is 1. The van der Waals surface area contributed by atoms with Crippen molar-refractivity contribution in [1.82, 2.24) is 10.2 Å². The number of rotatable bonds is 8. The number of aryl methyl sites for hydroxylation is 1. The van der Waals surface area contributed by atoms with E-state index in [1.165, 1.54) is 6.07 Å². The lowest BCUT2D eigenvalue weighted by Crippen LogP contribution is -2.56. The number of halogens is 3. The van der Waals surface area contributed by atoms with Gasteiger partial charge in [-0.05, 0) is 25.0 Å². The first-order chi connectivity index (χ1) is 13.2. The molecule has 2 N–H and O–H groups in total. The topological polar surface area (TPSA) is 96.7 Å². The molecular weight excluding hydrogens is 381 g/mol. The van der Waals surface area contributed by atoms with Crippen LogP contribution < -0.4 is 10.6 Å². The van der Waals surface area contributed by atoms with Crippen molar-refractivity contribution in [2.75, 3.05) is 44.7 Å². The highest BCUT2D eigenvalue weighted by Gasteiger charge is 2.38. The third-order valence-electron chi connectivity index (χ3n) is 4.24. The van der Waals surface area contributed by atoms with Gasteiger partial charge in [-0.2, -0.15) is 13.2 Å². The first-order valence-corrected chi connectivity index (χ1v) is 8.82. The van der Waals surface area contributed by atoms with Crippen molar-refractivity contribution in [3.63, 3.8) is 0 Å². The second-order valence-corrected chi connectivity index (χ2v) is 6.53. The van der Waals surface area contributed by atoms with Crippen LogP contribution in [0.5, 0.6) is 0 Å². The van der Waals surface area contributed by atoms with Crippen molar-refractivity contribution in [1.29, 1.82) is 0 Å². The van der Waals surface area contributed by atoms with E-state index in [9.17, 15) is 28.1 Å². The number of morpholine rings is 1. The average Bonchev–Trinajstić information content (AvgIpc) is 2.61. The number of nitrogens with one attached hydrogen (secondary N) is 2. The molecule has 0 aromatic heterocycles. The van der Waals surface area contributed by atoms with E-state index in [0.29, 0.717) is 18.7 Å². The molecule has 1 aliphatic heterocycles. The van der Waals surface area contributed by atoms with Crippen LogP contribution in [0.25, 0.3) is 0 Å². The maximum Gasteiger partial charge on any atom is 0.401 e. The van der Waals surface area contributed by atoms with Gasteiger partial charge in [-0.15, -0.1) is 0 Å². The van der Waals surface area contributed by atoms with Crippen LogP contribution in [0.1, 0.15) is 12.0 Å². The Bertz CT molecular complexity index is 699. The van der Waals surface area contributed by atoms with Crippen molar-refractivity contribution in [2.45, 2.75) is 25.6 Å². The van der Waals surface area contributed by atoms with Crippen LogP contribution in [-0.4, -0.2) is 67.3 Å². The maximum absolute atomic E-state index is 12.6. The molecule has 1 aromatic rings. The van der Waals surface area contributed by atoms with Crippen molar-refractivity contribution in [3.8, 4) is 0 Å². The molecule has 0 aliphatic carbocycles. The summed E-state index contributed by atoms with van der Waals surface area (Å²) in [5, 5.41) is 16.6. The second kappa shape index (κ2) is 9.69. The fourth-order valence-corrected chi connectivity index (χ4v) is 2.88. The van der Waals surface area contributed by atoms with Crippen molar-refractivity contribution >= 4 is 17.3 Å². The Balaban J connectivity index is 1.78. The van der Waals surface area contributed by atoms with Crippen molar-refractivity contribution in [3.05, 3.63) is 33.9 Å². The summed E-state index contributed by atoms with van der Waals surface area (Å²) in [5.41, 5.74) is 1.10. The number of nitro benzene ring substituents is 1. The normalized spacial score (nSPS) is 17.9. The Morgan fingerprint density at radius 2 is 2.14 bits per heavy atom. The van der Waals surface area contributed by atoms with Gasteiger partial charge in [-0.1, -0.05) is 6.07 Å². The molecule has 1 amide bonds. The number of nitro groups is 1. The van der Waals surface area contributed by atoms with Crippen LogP contribution in [0.2, 0.25) is 0 Å². The maximum atomic E-state index is 12.6. The number of hydrogen-bond acceptors (Lipinski definition) is 6. The summed E-state index contributed by atoms with van der Waals surface area (Å²) in [6, 6.07) is 3.83. The van der Waals surface area contributed by atoms with Gasteiger partial charge in [0.1, 0.15) is 11.7 Å². The molecule has 0 saturated carbocycles. The minimum absolute atomic E-state index is 0.0359. The standard InChI is InChI=1S/C17H23F3N4O4/c1-12-3-4-13(14(9-12)24(26)27)21-5-2-6-22-16(25)15-10-28-8-7-23(15)11-17(18,19)20/h3-4,9,15,21H,2,5-8,10-11H2,1H3,(H,22,25)/t15-/m0/s1. The highest BCUT2D eigenvalue weighted by atomic mass is 19.4. The fourth-order valence-electron chi connectivity index (χ4n) is 2.88. The van der Waals surface area contributed by atoms with E-state index in [1.54, 1.807) is 19.1 Å². The van der Waals surface area contributed by atoms with E-state index in [4.69, 9.17) is 4.74 Å². The fraction of sp³-hybridized carbons (Fsp3) is 0.588. The quantitative estimate of drug-likeness (QED) is 0.391. The van der Waals surface area contributed by atoms with Crippen molar-refractivity contribution in [2.24, 2.45) is 0 Å². The molecular formula is C17H23F3N4O4. The Kier molecular flexibility index (Phi) is 7.58. The molecule has 1 fully saturated rings. The molecule has 2 rings (SSSR count). The number of hydrogen-bond donors (Lipinski definition) is 2. The summed E-state index contributed by atoms with van der Waals surface area (Å²) in [6.45, 7) is 1.28. The van der Waals surface area contributed by atoms with Gasteiger partial charge < -0.3 is 15.4 Å². The first-order valence-electron chi connectivity index (χ1n) is 8.82. The third-order valence-corrected chi connectivity index (χ3v) is 4.24. The number of nitrogens with zero attached hydrogens (tertiary/aromatic N) is 2. The lowest BCUT2D eigenvalue weighted by atomic mass is 10.2. The van der Waals surface area contributed by atoms with Gasteiger partial charge in [0.05, 0.1) is 24.7 Å². The predicted molar refractivity (Wildman–Crippen MR) is 96.2 cm³/mol. The molecule has 1 aromatic carbocycles. The second-order valence-electron chi connectivity index (χ2n) is 6.53. The van der Waals surface area contributed by atoms with Gasteiger partial charge >= 0.3 is 6.18 Å². The monoisotopic (exact) mass is 404 g/mol. The molecule has 28 heavy (non-hydrogen) atoms. The molecule has 1 heterocycles. The summed E-state index contributed by atoms with van der Waals surface area (Å²) in [7, 11) is 0. The number of alkyl halides is 3. The minimum Gasteiger partial charge on any atom is -0.379 e. The van der Waals surface area contributed by atoms with E-state index < -0.39 is 29.6 Å². The van der Waals surface area contributed by atoms with E-state index in [1.807, 2.05) is 0 Å². The molecule has 0 unspecified atom stereocenters. The number of amides is 1. The smallest absolute Gasteiger partial charge is 0.379 e. The Morgan fingerprint density at radius 1 is 1.39 bits per heavy atom. The number of carbonyl (C=O) groups is 1. The number of anilines is 1. The number of carbonyl (C=O) groups excluding carboxylic acids is 1. The van der Waals surface area contributed by atoms with Gasteiger partial charge in [-0.25, -0.2) is 0 Å². The lowest BCUT2D eigenvalue weighted by Gasteiger charge is -2.34. The predicted octanol–water partition coefficient (Wildman–Crippen LogP) is 2.08. The van der Waals surface area contributed by atoms with E-state index >= 15 is 0 Å². The summed E-state index contributed by atoms with van der Waals surface area (Å²) >= 11 is 0. The molecule has 0 spiro atoms. The van der Waals surface area contributed by atoms with Crippen LogP contribution in [0.4, 0.5) is 24.5 Å². The summed E-state index contributed by atoms with van der Waals surface area (Å²) in [4.78, 5) is 23.9. The third kappa shape index (κ3) is 6.64.